The van der Waals surface area contributed by atoms with Crippen molar-refractivity contribution < 1.29 is 52.6 Å². The van der Waals surface area contributed by atoms with Crippen LogP contribution in [0.4, 0.5) is 9.59 Å². The van der Waals surface area contributed by atoms with Crippen molar-refractivity contribution in [2.45, 2.75) is 135 Å². The topological polar surface area (TPSA) is 274 Å². The van der Waals surface area contributed by atoms with Crippen molar-refractivity contribution in [1.29, 1.82) is 0 Å². The van der Waals surface area contributed by atoms with Gasteiger partial charge in [0.05, 0.1) is 6.54 Å². The van der Waals surface area contributed by atoms with Gasteiger partial charge in [0.25, 0.3) is 0 Å². The molecule has 0 aliphatic heterocycles. The number of amides is 8. The van der Waals surface area contributed by atoms with Crippen LogP contribution in [0, 0.1) is 5.92 Å². The van der Waals surface area contributed by atoms with E-state index in [-0.39, 0.29) is 57.6 Å². The van der Waals surface area contributed by atoms with Crippen molar-refractivity contribution in [2.75, 3.05) is 26.8 Å². The third-order valence-corrected chi connectivity index (χ3v) is 9.23. The Morgan fingerprint density at radius 2 is 1.05 bits per heavy atom. The largest absolute Gasteiger partial charge is 0.444 e. The van der Waals surface area contributed by atoms with Gasteiger partial charge in [-0.1, -0.05) is 74.5 Å². The van der Waals surface area contributed by atoms with Crippen molar-refractivity contribution in [3.05, 3.63) is 71.8 Å². The van der Waals surface area contributed by atoms with Crippen LogP contribution in [-0.2, 0) is 55.8 Å². The smallest absolute Gasteiger partial charge is 0.408 e. The molecule has 19 nitrogen and oxygen atoms in total. The summed E-state index contributed by atoms with van der Waals surface area (Å²) in [4.78, 5) is 106. The van der Waals surface area contributed by atoms with Crippen LogP contribution in [0.5, 0.6) is 0 Å². The van der Waals surface area contributed by atoms with E-state index in [1.165, 1.54) is 7.11 Å². The molecule has 0 aromatic heterocycles. The fourth-order valence-corrected chi connectivity index (χ4v) is 6.22. The van der Waals surface area contributed by atoms with Gasteiger partial charge in [0.1, 0.15) is 41.4 Å². The minimum atomic E-state index is -1.27. The summed E-state index contributed by atoms with van der Waals surface area (Å²) in [6.07, 6.45) is -0.964. The number of hydrogen-bond acceptors (Lipinski definition) is 11. The fourth-order valence-electron chi connectivity index (χ4n) is 6.22. The fraction of sp³-hybridized carbons (Fsp3) is 0.565. The molecule has 0 radical (unpaired) electrons. The number of hydrogen-bond donors (Lipinski definition) is 8. The van der Waals surface area contributed by atoms with E-state index in [9.17, 15) is 38.4 Å². The molecule has 2 aromatic rings. The van der Waals surface area contributed by atoms with Gasteiger partial charge in [0, 0.05) is 33.1 Å². The highest BCUT2D eigenvalue weighted by molar-refractivity contribution is 5.96. The maximum Gasteiger partial charge on any atom is 0.408 e. The summed E-state index contributed by atoms with van der Waals surface area (Å²) in [6, 6.07) is 11.8. The van der Waals surface area contributed by atoms with Crippen molar-refractivity contribution >= 4 is 47.6 Å². The van der Waals surface area contributed by atoms with E-state index < -0.39 is 95.6 Å². The summed E-state index contributed by atoms with van der Waals surface area (Å²) in [7, 11) is 1.44. The Hall–Kier alpha value is -6.24. The average Bonchev–Trinajstić information content (AvgIpc) is 3.20. The second-order valence-corrected chi connectivity index (χ2v) is 18.0. The second-order valence-electron chi connectivity index (χ2n) is 18.0. The number of ether oxygens (including phenoxy) is 3. The van der Waals surface area contributed by atoms with Gasteiger partial charge in [-0.2, -0.15) is 0 Å². The first-order valence-corrected chi connectivity index (χ1v) is 21.8. The number of carbonyl (C=O) groups excluding carboxylic acids is 8. The Kier molecular flexibility index (Phi) is 22.9. The summed E-state index contributed by atoms with van der Waals surface area (Å²) in [5, 5.41) is 18.4. The van der Waals surface area contributed by atoms with Crippen LogP contribution in [0.15, 0.2) is 60.7 Å². The summed E-state index contributed by atoms with van der Waals surface area (Å²) in [5.74, 6) is -4.37. The molecule has 0 unspecified atom stereocenters. The van der Waals surface area contributed by atoms with E-state index in [1.807, 2.05) is 13.8 Å². The van der Waals surface area contributed by atoms with Gasteiger partial charge in [0.15, 0.2) is 0 Å². The number of nitrogens with two attached hydrogens (primary N) is 1. The first-order valence-electron chi connectivity index (χ1n) is 21.8. The van der Waals surface area contributed by atoms with Crippen molar-refractivity contribution in [3.8, 4) is 0 Å². The lowest BCUT2D eigenvalue weighted by Crippen LogP contribution is -2.58. The van der Waals surface area contributed by atoms with E-state index in [0.29, 0.717) is 11.1 Å². The van der Waals surface area contributed by atoms with Crippen LogP contribution in [0.3, 0.4) is 0 Å². The van der Waals surface area contributed by atoms with Crippen LogP contribution in [0.25, 0.3) is 0 Å². The third-order valence-electron chi connectivity index (χ3n) is 9.23. The molecule has 0 spiro atoms. The van der Waals surface area contributed by atoms with E-state index >= 15 is 0 Å². The molecule has 0 saturated heterocycles. The average molecular weight is 911 g/mol. The molecule has 2 aromatic carbocycles. The van der Waals surface area contributed by atoms with Gasteiger partial charge in [-0.05, 0) is 84.3 Å². The number of primary amides is 1. The maximum atomic E-state index is 14.3. The standard InChI is InChI=1S/C46H70N8O11/c1-29(2)25-34(41(59)51-32(38(47)56)22-24-63-9)50-37(55)28-49-39(57)35(26-30-17-12-10-13-18-30)52-42(60)36(27-31-19-14-11-15-20-31)53-40(58)33(54-44(62)65-46(6,7)8)21-16-23-48-43(61)64-45(3,4)5/h10-15,17-20,29,32-36H,16,21-28H2,1-9H3,(H2,47,56)(H,48,61)(H,49,57)(H,50,55)(H,51,59)(H,52,60)(H,53,58)(H,54,62)/t32-,33-,34-,35-,36-/m0/s1. The predicted molar refractivity (Wildman–Crippen MR) is 243 cm³/mol. The zero-order valence-electron chi connectivity index (χ0n) is 39.2. The van der Waals surface area contributed by atoms with Crippen LogP contribution >= 0.6 is 0 Å². The molecule has 0 saturated carbocycles. The van der Waals surface area contributed by atoms with Gasteiger partial charge < -0.3 is 57.2 Å². The number of alkyl carbamates (subject to hydrolysis) is 2. The monoisotopic (exact) mass is 911 g/mol. The van der Waals surface area contributed by atoms with Gasteiger partial charge in [-0.3, -0.25) is 28.8 Å². The minimum Gasteiger partial charge on any atom is -0.444 e. The summed E-state index contributed by atoms with van der Waals surface area (Å²) in [5.41, 5.74) is 5.20. The molecule has 65 heavy (non-hydrogen) atoms. The van der Waals surface area contributed by atoms with Gasteiger partial charge in [-0.25, -0.2) is 9.59 Å². The number of methoxy groups -OCH3 is 1. The lowest BCUT2D eigenvalue weighted by molar-refractivity contribution is -0.133. The Labute approximate surface area is 382 Å². The molecule has 0 bridgehead atoms. The summed E-state index contributed by atoms with van der Waals surface area (Å²) in [6.45, 7) is 13.5. The number of carbonyl (C=O) groups is 8. The van der Waals surface area contributed by atoms with Crippen LogP contribution in [-0.4, -0.2) is 116 Å². The normalized spacial score (nSPS) is 13.7. The Bertz CT molecular complexity index is 1870. The first-order chi connectivity index (χ1) is 30.5. The second kappa shape index (κ2) is 27.2. The van der Waals surface area contributed by atoms with Crippen LogP contribution < -0.4 is 43.0 Å². The molecular formula is C46H70N8O11. The molecule has 8 amide bonds. The number of nitrogens with one attached hydrogen (secondary N) is 7. The van der Waals surface area contributed by atoms with E-state index in [0.717, 1.165) is 0 Å². The van der Waals surface area contributed by atoms with Crippen LogP contribution in [0.2, 0.25) is 0 Å². The number of rotatable bonds is 25. The highest BCUT2D eigenvalue weighted by Crippen LogP contribution is 2.12. The lowest BCUT2D eigenvalue weighted by Gasteiger charge is -2.27. The maximum absolute atomic E-state index is 14.3. The highest BCUT2D eigenvalue weighted by atomic mass is 16.6. The summed E-state index contributed by atoms with van der Waals surface area (Å²) >= 11 is 0. The van der Waals surface area contributed by atoms with Crippen molar-refractivity contribution in [2.24, 2.45) is 11.7 Å². The predicted octanol–water partition coefficient (Wildman–Crippen LogP) is 2.29. The minimum absolute atomic E-state index is 0.00608. The molecule has 0 aliphatic rings. The van der Waals surface area contributed by atoms with E-state index in [2.05, 4.69) is 37.2 Å². The van der Waals surface area contributed by atoms with Gasteiger partial charge >= 0.3 is 12.2 Å². The Morgan fingerprint density at radius 3 is 1.54 bits per heavy atom. The summed E-state index contributed by atoms with van der Waals surface area (Å²) < 4.78 is 15.7. The molecule has 5 atom stereocenters. The quantitative estimate of drug-likeness (QED) is 0.0670. The Morgan fingerprint density at radius 1 is 0.569 bits per heavy atom. The van der Waals surface area contributed by atoms with Crippen LogP contribution in [0.1, 0.15) is 92.2 Å². The lowest BCUT2D eigenvalue weighted by atomic mass is 10.0. The molecule has 0 heterocycles. The van der Waals surface area contributed by atoms with Crippen molar-refractivity contribution in [1.82, 2.24) is 37.2 Å². The molecule has 19 heteroatoms. The molecule has 360 valence electrons. The Balaban J connectivity index is 2.34. The highest BCUT2D eigenvalue weighted by Gasteiger charge is 2.32. The SMILES string of the molecule is COCC[C@H](NC(=O)[C@H](CC(C)C)NC(=O)CNC(=O)[C@H](Cc1ccccc1)NC(=O)[C@H](Cc1ccccc1)NC(=O)[C@H](CCCNC(=O)OC(C)(C)C)NC(=O)OC(C)(C)C)C(N)=O. The molecule has 0 aliphatic carbocycles. The third kappa shape index (κ3) is 23.3. The van der Waals surface area contributed by atoms with Gasteiger partial charge in [0.2, 0.25) is 35.4 Å². The molecular weight excluding hydrogens is 841 g/mol. The first kappa shape index (κ1) is 54.9. The zero-order valence-corrected chi connectivity index (χ0v) is 39.2. The molecule has 0 fully saturated rings. The number of benzene rings is 2. The van der Waals surface area contributed by atoms with E-state index in [4.69, 9.17) is 19.9 Å². The molecule has 9 N–H and O–H groups in total. The zero-order chi connectivity index (χ0) is 48.7. The van der Waals surface area contributed by atoms with Gasteiger partial charge in [-0.15, -0.1) is 0 Å². The molecule has 2 rings (SSSR count). The van der Waals surface area contributed by atoms with Crippen molar-refractivity contribution in [3.63, 3.8) is 0 Å². The van der Waals surface area contributed by atoms with E-state index in [1.54, 1.807) is 102 Å².